The third-order valence-electron chi connectivity index (χ3n) is 7.67. The number of nitrogens with zero attached hydrogens (tertiary/aromatic N) is 4. The van der Waals surface area contributed by atoms with E-state index in [1.54, 1.807) is 41.3 Å². The second-order valence-corrected chi connectivity index (χ2v) is 11.3. The molecule has 4 heterocycles. The lowest BCUT2D eigenvalue weighted by Crippen LogP contribution is -2.49. The molecule has 1 atom stereocenters. The maximum Gasteiger partial charge on any atom is 0.338 e. The summed E-state index contributed by atoms with van der Waals surface area (Å²) in [5.41, 5.74) is 1.46. The highest BCUT2D eigenvalue weighted by molar-refractivity contribution is 7.11. The normalized spacial score (nSPS) is 17.2. The molecule has 40 heavy (non-hydrogen) atoms. The highest BCUT2D eigenvalue weighted by Crippen LogP contribution is 2.37. The summed E-state index contributed by atoms with van der Waals surface area (Å²) in [5, 5.41) is 2.81. The number of para-hydroxylation sites is 2. The van der Waals surface area contributed by atoms with Gasteiger partial charge in [-0.2, -0.15) is 0 Å². The third kappa shape index (κ3) is 4.91. The Bertz CT molecular complexity index is 1670. The van der Waals surface area contributed by atoms with Crippen LogP contribution in [0.2, 0.25) is 5.02 Å². The van der Waals surface area contributed by atoms with Gasteiger partial charge in [0.15, 0.2) is 0 Å². The van der Waals surface area contributed by atoms with Crippen molar-refractivity contribution in [2.75, 3.05) is 44.7 Å². The Hall–Kier alpha value is -3.60. The van der Waals surface area contributed by atoms with Crippen LogP contribution in [0.25, 0.3) is 10.9 Å². The number of carbonyl (C=O) groups excluding carboxylic acids is 1. The molecule has 208 valence electrons. The van der Waals surface area contributed by atoms with E-state index in [9.17, 15) is 14.4 Å². The maximum absolute atomic E-state index is 13.5. The topological polar surface area (TPSA) is 86.0 Å². The molecule has 0 spiro atoms. The van der Waals surface area contributed by atoms with Gasteiger partial charge in [-0.3, -0.25) is 18.8 Å². The molecule has 6 rings (SSSR count). The van der Waals surface area contributed by atoms with Crippen LogP contribution >= 0.6 is 22.9 Å². The molecule has 0 aliphatic carbocycles. The van der Waals surface area contributed by atoms with Crippen LogP contribution in [-0.4, -0.2) is 59.8 Å². The number of aromatic nitrogens is 2. The lowest BCUT2D eigenvalue weighted by atomic mass is 10.1. The summed E-state index contributed by atoms with van der Waals surface area (Å²) in [7, 11) is 1.68. The smallest absolute Gasteiger partial charge is 0.338 e. The third-order valence-corrected chi connectivity index (χ3v) is 8.99. The van der Waals surface area contributed by atoms with Crippen molar-refractivity contribution in [3.63, 3.8) is 0 Å². The second kappa shape index (κ2) is 11.1. The molecular weight excluding hydrogens is 552 g/mol. The van der Waals surface area contributed by atoms with E-state index in [0.717, 1.165) is 42.5 Å². The van der Waals surface area contributed by atoms with E-state index in [2.05, 4.69) is 15.9 Å². The van der Waals surface area contributed by atoms with Gasteiger partial charge < -0.3 is 14.4 Å². The molecule has 9 nitrogen and oxygen atoms in total. The number of anilines is 1. The first-order valence-electron chi connectivity index (χ1n) is 13.3. The Kier molecular flexibility index (Phi) is 7.39. The number of esters is 1. The van der Waals surface area contributed by atoms with Crippen molar-refractivity contribution in [2.24, 2.45) is 0 Å². The number of methoxy groups -OCH3 is 1. The molecule has 4 aromatic rings. The van der Waals surface area contributed by atoms with Crippen LogP contribution in [0.5, 0.6) is 5.75 Å². The van der Waals surface area contributed by atoms with Gasteiger partial charge >= 0.3 is 11.7 Å². The summed E-state index contributed by atoms with van der Waals surface area (Å²) in [6, 6.07) is 14.5. The van der Waals surface area contributed by atoms with Crippen molar-refractivity contribution in [1.29, 1.82) is 0 Å². The van der Waals surface area contributed by atoms with Crippen LogP contribution in [0.15, 0.2) is 63.5 Å². The predicted molar refractivity (Wildman–Crippen MR) is 156 cm³/mol. The fourth-order valence-corrected chi connectivity index (χ4v) is 6.75. The largest absolute Gasteiger partial charge is 0.495 e. The molecule has 0 N–H and O–H groups in total. The predicted octanol–water partition coefficient (Wildman–Crippen LogP) is 4.01. The first-order chi connectivity index (χ1) is 19.4. The highest BCUT2D eigenvalue weighted by atomic mass is 35.5. The Morgan fingerprint density at radius 2 is 1.75 bits per heavy atom. The van der Waals surface area contributed by atoms with Gasteiger partial charge in [0, 0.05) is 62.6 Å². The lowest BCUT2D eigenvalue weighted by Gasteiger charge is -2.36. The zero-order valence-corrected chi connectivity index (χ0v) is 23.6. The molecule has 1 fully saturated rings. The van der Waals surface area contributed by atoms with Crippen LogP contribution in [0.4, 0.5) is 5.69 Å². The van der Waals surface area contributed by atoms with Gasteiger partial charge in [0.05, 0.1) is 34.1 Å². The van der Waals surface area contributed by atoms with Gasteiger partial charge in [-0.15, -0.1) is 11.3 Å². The van der Waals surface area contributed by atoms with E-state index in [-0.39, 0.29) is 11.2 Å². The average molecular weight is 581 g/mol. The van der Waals surface area contributed by atoms with Crippen molar-refractivity contribution in [3.05, 3.63) is 90.2 Å². The van der Waals surface area contributed by atoms with Crippen molar-refractivity contribution in [2.45, 2.75) is 25.6 Å². The van der Waals surface area contributed by atoms with E-state index < -0.39 is 12.1 Å². The summed E-state index contributed by atoms with van der Waals surface area (Å²) < 4.78 is 14.3. The van der Waals surface area contributed by atoms with Crippen LogP contribution < -0.4 is 20.9 Å². The van der Waals surface area contributed by atoms with Gasteiger partial charge in [-0.1, -0.05) is 23.7 Å². The minimum atomic E-state index is -0.514. The average Bonchev–Trinajstić information content (AvgIpc) is 3.43. The first kappa shape index (κ1) is 26.6. The van der Waals surface area contributed by atoms with Gasteiger partial charge in [-0.25, -0.2) is 9.59 Å². The van der Waals surface area contributed by atoms with E-state index in [0.29, 0.717) is 47.5 Å². The Morgan fingerprint density at radius 3 is 2.50 bits per heavy atom. The summed E-state index contributed by atoms with van der Waals surface area (Å²) in [6.07, 6.45) is -0.0508. The molecule has 0 amide bonds. The van der Waals surface area contributed by atoms with Gasteiger partial charge in [0.1, 0.15) is 11.9 Å². The van der Waals surface area contributed by atoms with Crippen LogP contribution in [0.3, 0.4) is 0 Å². The van der Waals surface area contributed by atoms with E-state index in [4.69, 9.17) is 21.1 Å². The number of aryl methyl sites for hydroxylation is 1. The van der Waals surface area contributed by atoms with E-state index >= 15 is 0 Å². The van der Waals surface area contributed by atoms with Crippen LogP contribution in [-0.2, 0) is 17.8 Å². The Balaban J connectivity index is 1.16. The second-order valence-electron chi connectivity index (χ2n) is 9.94. The van der Waals surface area contributed by atoms with Crippen molar-refractivity contribution >= 4 is 45.5 Å². The summed E-state index contributed by atoms with van der Waals surface area (Å²) in [6.45, 7) is 4.63. The summed E-state index contributed by atoms with van der Waals surface area (Å²) in [5.74, 6) is 0.396. The summed E-state index contributed by atoms with van der Waals surface area (Å²) in [4.78, 5) is 44.9. The minimum Gasteiger partial charge on any atom is -0.495 e. The van der Waals surface area contributed by atoms with Gasteiger partial charge in [0.25, 0.3) is 5.56 Å². The molecule has 0 radical (unpaired) electrons. The number of hydrogen-bond donors (Lipinski definition) is 0. The Labute approximate surface area is 239 Å². The monoisotopic (exact) mass is 580 g/mol. The molecule has 0 saturated carbocycles. The van der Waals surface area contributed by atoms with Crippen LogP contribution in [0.1, 0.15) is 27.8 Å². The van der Waals surface area contributed by atoms with Crippen LogP contribution in [0, 0.1) is 0 Å². The molecule has 2 aliphatic heterocycles. The van der Waals surface area contributed by atoms with Gasteiger partial charge in [0.2, 0.25) is 0 Å². The maximum atomic E-state index is 13.5. The molecule has 2 aromatic carbocycles. The fraction of sp³-hybridized carbons (Fsp3) is 0.345. The molecule has 2 aromatic heterocycles. The minimum absolute atomic E-state index is 0.295. The number of benzene rings is 2. The molecule has 1 saturated heterocycles. The standard InChI is InChI=1S/C29H29ClN4O5S/c1-38-23-5-3-2-4-22(23)32-15-12-31(13-16-32)14-17-34-27(35)21-18-40-26-24(10-11-33(25(21)26)29(34)37)39-28(36)19-6-8-20(30)9-7-19/h2-9,18,24H,10-17H2,1H3. The van der Waals surface area contributed by atoms with Crippen molar-refractivity contribution in [1.82, 2.24) is 14.0 Å². The molecule has 11 heteroatoms. The first-order valence-corrected chi connectivity index (χ1v) is 14.5. The zero-order chi connectivity index (χ0) is 27.8. The fourth-order valence-electron chi connectivity index (χ4n) is 5.52. The number of thiophene rings is 1. The molecule has 1 unspecified atom stereocenters. The number of halogens is 1. The lowest BCUT2D eigenvalue weighted by molar-refractivity contribution is 0.0266. The number of rotatable bonds is 7. The van der Waals surface area contributed by atoms with Crippen molar-refractivity contribution in [3.8, 4) is 5.75 Å². The van der Waals surface area contributed by atoms with E-state index in [1.807, 2.05) is 18.2 Å². The molecular formula is C29H29ClN4O5S. The number of ether oxygens (including phenoxy) is 2. The van der Waals surface area contributed by atoms with Crippen molar-refractivity contribution < 1.29 is 14.3 Å². The Morgan fingerprint density at radius 1 is 1.00 bits per heavy atom. The highest BCUT2D eigenvalue weighted by Gasteiger charge is 2.30. The number of piperazine rings is 1. The SMILES string of the molecule is COc1ccccc1N1CCN(CCn2c(=O)c3csc4c3n(c2=O)CCC4OC(=O)c2ccc(Cl)cc2)CC1. The molecule has 2 aliphatic rings. The quantitative estimate of drug-likeness (QED) is 0.305. The number of hydrogen-bond acceptors (Lipinski definition) is 8. The number of carbonyl (C=O) groups is 1. The van der Waals surface area contributed by atoms with E-state index in [1.165, 1.54) is 15.9 Å². The van der Waals surface area contributed by atoms with Gasteiger partial charge in [-0.05, 0) is 36.4 Å². The summed E-state index contributed by atoms with van der Waals surface area (Å²) >= 11 is 7.29. The molecule has 0 bridgehead atoms. The zero-order valence-electron chi connectivity index (χ0n) is 22.0.